The Labute approximate surface area is 110 Å². The van der Waals surface area contributed by atoms with Crippen molar-refractivity contribution < 1.29 is 4.79 Å². The van der Waals surface area contributed by atoms with Gasteiger partial charge in [0.25, 0.3) is 5.91 Å². The molecule has 3 nitrogen and oxygen atoms in total. The highest BCUT2D eigenvalue weighted by molar-refractivity contribution is 5.94. The van der Waals surface area contributed by atoms with E-state index in [1.807, 2.05) is 24.3 Å². The van der Waals surface area contributed by atoms with E-state index in [9.17, 15) is 4.79 Å². The van der Waals surface area contributed by atoms with Crippen molar-refractivity contribution >= 4 is 5.91 Å². The van der Waals surface area contributed by atoms with Gasteiger partial charge in [-0.25, -0.2) is 0 Å². The van der Waals surface area contributed by atoms with Gasteiger partial charge < -0.3 is 11.1 Å². The van der Waals surface area contributed by atoms with Crippen LogP contribution >= 0.6 is 0 Å². The molecule has 18 heavy (non-hydrogen) atoms. The Morgan fingerprint density at radius 2 is 1.89 bits per heavy atom. The van der Waals surface area contributed by atoms with Crippen LogP contribution in [0.4, 0.5) is 0 Å². The van der Waals surface area contributed by atoms with Gasteiger partial charge in [0.1, 0.15) is 0 Å². The highest BCUT2D eigenvalue weighted by Crippen LogP contribution is 2.14. The van der Waals surface area contributed by atoms with E-state index in [4.69, 9.17) is 5.73 Å². The Bertz CT molecular complexity index is 371. The zero-order valence-corrected chi connectivity index (χ0v) is 11.6. The van der Waals surface area contributed by atoms with Crippen LogP contribution < -0.4 is 11.1 Å². The van der Waals surface area contributed by atoms with E-state index < -0.39 is 0 Å². The van der Waals surface area contributed by atoms with Crippen molar-refractivity contribution in [1.82, 2.24) is 5.32 Å². The Morgan fingerprint density at radius 3 is 2.33 bits per heavy atom. The molecule has 100 valence electrons. The number of amides is 1. The number of nitrogens with two attached hydrogens (primary N) is 1. The number of hydrogen-bond donors (Lipinski definition) is 2. The first-order valence-corrected chi connectivity index (χ1v) is 6.69. The molecule has 0 aliphatic rings. The number of hydrogen-bond acceptors (Lipinski definition) is 2. The fraction of sp³-hybridized carbons (Fsp3) is 0.533. The molecule has 1 amide bonds. The summed E-state index contributed by atoms with van der Waals surface area (Å²) in [4.78, 5) is 12.0. The van der Waals surface area contributed by atoms with Crippen molar-refractivity contribution in [2.24, 2.45) is 5.73 Å². The summed E-state index contributed by atoms with van der Waals surface area (Å²) in [5.41, 5.74) is 7.49. The molecule has 0 heterocycles. The second kappa shape index (κ2) is 7.17. The average molecular weight is 248 g/mol. The largest absolute Gasteiger partial charge is 0.349 e. The topological polar surface area (TPSA) is 55.1 Å². The van der Waals surface area contributed by atoms with Crippen LogP contribution in [0, 0.1) is 0 Å². The summed E-state index contributed by atoms with van der Waals surface area (Å²) in [5.74, 6) is 0.480. The van der Waals surface area contributed by atoms with E-state index >= 15 is 0 Å². The van der Waals surface area contributed by atoms with Crippen molar-refractivity contribution in [2.75, 3.05) is 6.54 Å². The molecule has 1 rings (SSSR count). The fourth-order valence-electron chi connectivity index (χ4n) is 1.87. The second-order valence-corrected chi connectivity index (χ2v) is 4.93. The Kier molecular flexibility index (Phi) is 5.86. The van der Waals surface area contributed by atoms with Crippen LogP contribution in [0.25, 0.3) is 0 Å². The lowest BCUT2D eigenvalue weighted by Gasteiger charge is -2.16. The SMILES string of the molecule is CCC(CCN)NC(=O)c1ccc(C(C)C)cc1. The third-order valence-corrected chi connectivity index (χ3v) is 3.18. The first kappa shape index (κ1) is 14.7. The first-order valence-electron chi connectivity index (χ1n) is 6.69. The summed E-state index contributed by atoms with van der Waals surface area (Å²) in [5, 5.41) is 3.01. The zero-order valence-electron chi connectivity index (χ0n) is 11.6. The third-order valence-electron chi connectivity index (χ3n) is 3.18. The van der Waals surface area contributed by atoms with Gasteiger partial charge in [0.2, 0.25) is 0 Å². The minimum absolute atomic E-state index is 0.00870. The molecule has 0 aromatic heterocycles. The molecule has 1 unspecified atom stereocenters. The minimum atomic E-state index is -0.00870. The third kappa shape index (κ3) is 4.15. The molecule has 1 aromatic carbocycles. The number of rotatable bonds is 6. The Balaban J connectivity index is 2.66. The van der Waals surface area contributed by atoms with Gasteiger partial charge in [-0.05, 0) is 43.0 Å². The summed E-state index contributed by atoms with van der Waals surface area (Å²) in [7, 11) is 0. The Morgan fingerprint density at radius 1 is 1.28 bits per heavy atom. The van der Waals surface area contributed by atoms with Crippen LogP contribution in [0.3, 0.4) is 0 Å². The summed E-state index contributed by atoms with van der Waals surface area (Å²) >= 11 is 0. The van der Waals surface area contributed by atoms with Crippen molar-refractivity contribution in [2.45, 2.75) is 45.6 Å². The predicted octanol–water partition coefficient (Wildman–Crippen LogP) is 2.67. The summed E-state index contributed by atoms with van der Waals surface area (Å²) in [6.45, 7) is 6.94. The number of benzene rings is 1. The highest BCUT2D eigenvalue weighted by Gasteiger charge is 2.11. The Hall–Kier alpha value is -1.35. The fourth-order valence-corrected chi connectivity index (χ4v) is 1.87. The monoisotopic (exact) mass is 248 g/mol. The van der Waals surface area contributed by atoms with Crippen LogP contribution in [0.5, 0.6) is 0 Å². The molecular weight excluding hydrogens is 224 g/mol. The van der Waals surface area contributed by atoms with Crippen LogP contribution in [0.1, 0.15) is 55.5 Å². The van der Waals surface area contributed by atoms with Gasteiger partial charge in [-0.1, -0.05) is 32.9 Å². The van der Waals surface area contributed by atoms with Gasteiger partial charge in [0.15, 0.2) is 0 Å². The predicted molar refractivity (Wildman–Crippen MR) is 75.7 cm³/mol. The first-order chi connectivity index (χ1) is 8.58. The molecule has 0 aliphatic carbocycles. The molecule has 1 aromatic rings. The van der Waals surface area contributed by atoms with Gasteiger partial charge in [0, 0.05) is 11.6 Å². The molecule has 0 fully saturated rings. The summed E-state index contributed by atoms with van der Waals surface area (Å²) in [6, 6.07) is 7.99. The molecule has 0 saturated carbocycles. The summed E-state index contributed by atoms with van der Waals surface area (Å²) in [6.07, 6.45) is 1.74. The van der Waals surface area contributed by atoms with Gasteiger partial charge in [-0.3, -0.25) is 4.79 Å². The van der Waals surface area contributed by atoms with E-state index in [0.717, 1.165) is 18.4 Å². The molecule has 1 atom stereocenters. The number of carbonyl (C=O) groups is 1. The highest BCUT2D eigenvalue weighted by atomic mass is 16.1. The lowest BCUT2D eigenvalue weighted by Crippen LogP contribution is -2.35. The second-order valence-electron chi connectivity index (χ2n) is 4.93. The van der Waals surface area contributed by atoms with E-state index in [1.54, 1.807) is 0 Å². The maximum atomic E-state index is 12.0. The van der Waals surface area contributed by atoms with Crippen molar-refractivity contribution in [3.63, 3.8) is 0 Å². The van der Waals surface area contributed by atoms with Crippen LogP contribution in [0.15, 0.2) is 24.3 Å². The lowest BCUT2D eigenvalue weighted by atomic mass is 10.0. The molecule has 0 aliphatic heterocycles. The van der Waals surface area contributed by atoms with Crippen molar-refractivity contribution in [1.29, 1.82) is 0 Å². The molecule has 0 bridgehead atoms. The van der Waals surface area contributed by atoms with Crippen molar-refractivity contribution in [3.05, 3.63) is 35.4 Å². The lowest BCUT2D eigenvalue weighted by molar-refractivity contribution is 0.0934. The maximum Gasteiger partial charge on any atom is 0.251 e. The van der Waals surface area contributed by atoms with Gasteiger partial charge in [0.05, 0.1) is 0 Å². The maximum absolute atomic E-state index is 12.0. The van der Waals surface area contributed by atoms with Gasteiger partial charge in [-0.15, -0.1) is 0 Å². The van der Waals surface area contributed by atoms with E-state index in [0.29, 0.717) is 12.5 Å². The van der Waals surface area contributed by atoms with Gasteiger partial charge in [-0.2, -0.15) is 0 Å². The van der Waals surface area contributed by atoms with Crippen LogP contribution in [-0.2, 0) is 0 Å². The normalized spacial score (nSPS) is 12.5. The van der Waals surface area contributed by atoms with E-state index in [2.05, 4.69) is 26.1 Å². The van der Waals surface area contributed by atoms with Crippen molar-refractivity contribution in [3.8, 4) is 0 Å². The smallest absolute Gasteiger partial charge is 0.251 e. The molecule has 3 heteroatoms. The van der Waals surface area contributed by atoms with E-state index in [-0.39, 0.29) is 11.9 Å². The van der Waals surface area contributed by atoms with Crippen LogP contribution in [-0.4, -0.2) is 18.5 Å². The molecular formula is C15H24N2O. The molecule has 0 radical (unpaired) electrons. The van der Waals surface area contributed by atoms with Crippen LogP contribution in [0.2, 0.25) is 0 Å². The molecule has 3 N–H and O–H groups in total. The molecule has 0 spiro atoms. The van der Waals surface area contributed by atoms with E-state index in [1.165, 1.54) is 5.56 Å². The quantitative estimate of drug-likeness (QED) is 0.813. The zero-order chi connectivity index (χ0) is 13.5. The number of nitrogens with one attached hydrogen (secondary N) is 1. The van der Waals surface area contributed by atoms with Gasteiger partial charge >= 0.3 is 0 Å². The summed E-state index contributed by atoms with van der Waals surface area (Å²) < 4.78 is 0. The standard InChI is InChI=1S/C15H24N2O/c1-4-14(9-10-16)17-15(18)13-7-5-12(6-8-13)11(2)3/h5-8,11,14H,4,9-10,16H2,1-3H3,(H,17,18). The minimum Gasteiger partial charge on any atom is -0.349 e. The average Bonchev–Trinajstić information content (AvgIpc) is 2.38. The molecule has 0 saturated heterocycles. The number of carbonyl (C=O) groups excluding carboxylic acids is 1.